The highest BCUT2D eigenvalue weighted by atomic mass is 16.5. The molecule has 0 unspecified atom stereocenters. The van der Waals surface area contributed by atoms with Gasteiger partial charge < -0.3 is 14.8 Å². The Hall–Kier alpha value is -1.95. The average molecular weight is 247 g/mol. The molecule has 0 aliphatic carbocycles. The van der Waals surface area contributed by atoms with Gasteiger partial charge in [-0.15, -0.1) is 0 Å². The standard InChI is InChI=1S/C12H14BNO4/c1-7(2)10-6-13(17)18-11-4-3-8(5-9(10)11)14-12(15)16/h3-7,14,17H,1-2H3,(H,15,16). The maximum atomic E-state index is 10.6. The third-order valence-electron chi connectivity index (χ3n) is 2.73. The first kappa shape index (κ1) is 12.5. The van der Waals surface area contributed by atoms with Gasteiger partial charge in [-0.1, -0.05) is 13.8 Å². The van der Waals surface area contributed by atoms with Crippen molar-refractivity contribution in [3.8, 4) is 5.75 Å². The van der Waals surface area contributed by atoms with E-state index in [9.17, 15) is 9.82 Å². The molecule has 0 radical (unpaired) electrons. The van der Waals surface area contributed by atoms with Gasteiger partial charge in [0.1, 0.15) is 5.75 Å². The molecule has 0 aromatic heterocycles. The number of hydrogen-bond acceptors (Lipinski definition) is 3. The maximum Gasteiger partial charge on any atom is 0.552 e. The second-order valence-electron chi connectivity index (χ2n) is 4.43. The molecule has 0 saturated carbocycles. The molecule has 0 fully saturated rings. The highest BCUT2D eigenvalue weighted by molar-refractivity contribution is 6.52. The summed E-state index contributed by atoms with van der Waals surface area (Å²) >= 11 is 0. The number of hydrogen-bond donors (Lipinski definition) is 3. The number of amides is 1. The van der Waals surface area contributed by atoms with Gasteiger partial charge in [-0.05, 0) is 35.7 Å². The topological polar surface area (TPSA) is 78.8 Å². The molecular formula is C12H14BNO4. The lowest BCUT2D eigenvalue weighted by atomic mass is 9.78. The quantitative estimate of drug-likeness (QED) is 0.700. The van der Waals surface area contributed by atoms with Crippen LogP contribution in [-0.2, 0) is 0 Å². The van der Waals surface area contributed by atoms with E-state index in [0.717, 1.165) is 11.1 Å². The van der Waals surface area contributed by atoms with Crippen LogP contribution in [0, 0.1) is 5.92 Å². The van der Waals surface area contributed by atoms with Gasteiger partial charge in [0.2, 0.25) is 0 Å². The van der Waals surface area contributed by atoms with Gasteiger partial charge in [-0.3, -0.25) is 5.32 Å². The molecule has 0 atom stereocenters. The minimum Gasteiger partial charge on any atom is -0.532 e. The fraction of sp³-hybridized carbons (Fsp3) is 0.250. The predicted molar refractivity (Wildman–Crippen MR) is 69.5 cm³/mol. The summed E-state index contributed by atoms with van der Waals surface area (Å²) in [5, 5.41) is 20.6. The average Bonchev–Trinajstić information content (AvgIpc) is 2.27. The third-order valence-corrected chi connectivity index (χ3v) is 2.73. The number of rotatable bonds is 2. The van der Waals surface area contributed by atoms with Crippen LogP contribution < -0.4 is 9.97 Å². The Morgan fingerprint density at radius 3 is 2.78 bits per heavy atom. The largest absolute Gasteiger partial charge is 0.552 e. The minimum atomic E-state index is -1.11. The molecule has 6 heteroatoms. The van der Waals surface area contributed by atoms with Crippen LogP contribution >= 0.6 is 0 Å². The summed E-state index contributed by atoms with van der Waals surface area (Å²) in [4.78, 5) is 10.6. The van der Waals surface area contributed by atoms with Gasteiger partial charge in [0.15, 0.2) is 0 Å². The molecule has 1 aromatic rings. The fourth-order valence-corrected chi connectivity index (χ4v) is 1.97. The van der Waals surface area contributed by atoms with Crippen molar-refractivity contribution >= 4 is 24.5 Å². The van der Waals surface area contributed by atoms with Crippen molar-refractivity contribution in [2.24, 2.45) is 5.92 Å². The first-order chi connectivity index (χ1) is 8.47. The number of fused-ring (bicyclic) bond motifs is 1. The van der Waals surface area contributed by atoms with Crippen LogP contribution in [0.4, 0.5) is 10.5 Å². The molecule has 0 bridgehead atoms. The Bertz CT molecular complexity index is 513. The molecule has 94 valence electrons. The van der Waals surface area contributed by atoms with Gasteiger partial charge in [0, 0.05) is 11.3 Å². The highest BCUT2D eigenvalue weighted by Gasteiger charge is 2.25. The fourth-order valence-electron chi connectivity index (χ4n) is 1.97. The summed E-state index contributed by atoms with van der Waals surface area (Å²) in [6, 6.07) is 4.96. The zero-order valence-electron chi connectivity index (χ0n) is 10.2. The summed E-state index contributed by atoms with van der Waals surface area (Å²) in [5.74, 6) is 2.41. The van der Waals surface area contributed by atoms with Crippen LogP contribution in [0.1, 0.15) is 19.4 Å². The Morgan fingerprint density at radius 1 is 1.44 bits per heavy atom. The van der Waals surface area contributed by atoms with Gasteiger partial charge in [-0.2, -0.15) is 0 Å². The van der Waals surface area contributed by atoms with Crippen molar-refractivity contribution in [3.63, 3.8) is 0 Å². The monoisotopic (exact) mass is 247 g/mol. The van der Waals surface area contributed by atoms with Crippen LogP contribution in [0.25, 0.3) is 5.57 Å². The summed E-state index contributed by atoms with van der Waals surface area (Å²) in [7, 11) is -0.951. The van der Waals surface area contributed by atoms with Crippen LogP contribution in [0.2, 0.25) is 0 Å². The molecule has 1 heterocycles. The second kappa shape index (κ2) is 4.74. The van der Waals surface area contributed by atoms with E-state index >= 15 is 0 Å². The molecule has 1 aliphatic rings. The normalized spacial score (nSPS) is 13.8. The van der Waals surface area contributed by atoms with E-state index in [1.807, 2.05) is 13.8 Å². The smallest absolute Gasteiger partial charge is 0.532 e. The number of carboxylic acid groups (broad SMARTS) is 1. The number of anilines is 1. The second-order valence-corrected chi connectivity index (χ2v) is 4.43. The van der Waals surface area contributed by atoms with Crippen molar-refractivity contribution in [2.45, 2.75) is 13.8 Å². The molecule has 3 N–H and O–H groups in total. The molecule has 1 amide bonds. The molecule has 5 nitrogen and oxygen atoms in total. The third kappa shape index (κ3) is 2.48. The molecular weight excluding hydrogens is 233 g/mol. The predicted octanol–water partition coefficient (Wildman–Crippen LogP) is 2.23. The van der Waals surface area contributed by atoms with E-state index in [4.69, 9.17) is 9.76 Å². The molecule has 0 saturated heterocycles. The number of allylic oxidation sites excluding steroid dienone is 1. The van der Waals surface area contributed by atoms with E-state index < -0.39 is 13.2 Å². The van der Waals surface area contributed by atoms with Gasteiger partial charge in [0.25, 0.3) is 0 Å². The SMILES string of the molecule is CC(C)C1=CB(O)Oc2ccc(NC(=O)O)cc21. The lowest BCUT2D eigenvalue weighted by molar-refractivity contribution is 0.209. The lowest BCUT2D eigenvalue weighted by Gasteiger charge is -2.23. The Kier molecular flexibility index (Phi) is 3.29. The zero-order valence-corrected chi connectivity index (χ0v) is 10.2. The Balaban J connectivity index is 2.43. The van der Waals surface area contributed by atoms with E-state index in [1.165, 1.54) is 0 Å². The van der Waals surface area contributed by atoms with E-state index in [-0.39, 0.29) is 5.92 Å². The van der Waals surface area contributed by atoms with Crippen LogP contribution in [-0.4, -0.2) is 23.3 Å². The number of nitrogens with one attached hydrogen (secondary N) is 1. The van der Waals surface area contributed by atoms with Crippen molar-refractivity contribution in [1.82, 2.24) is 0 Å². The van der Waals surface area contributed by atoms with Crippen LogP contribution in [0.5, 0.6) is 5.75 Å². The van der Waals surface area contributed by atoms with Gasteiger partial charge in [-0.25, -0.2) is 4.79 Å². The van der Waals surface area contributed by atoms with Crippen molar-refractivity contribution in [3.05, 3.63) is 29.7 Å². The maximum absolute atomic E-state index is 10.6. The van der Waals surface area contributed by atoms with Gasteiger partial charge >= 0.3 is 13.2 Å². The number of benzene rings is 1. The summed E-state index contributed by atoms with van der Waals surface area (Å²) in [5.41, 5.74) is 2.23. The molecule has 1 aliphatic heterocycles. The number of carbonyl (C=O) groups is 1. The van der Waals surface area contributed by atoms with Crippen LogP contribution in [0.15, 0.2) is 24.2 Å². The Labute approximate surface area is 105 Å². The van der Waals surface area contributed by atoms with Crippen LogP contribution in [0.3, 0.4) is 0 Å². The van der Waals surface area contributed by atoms with Crippen molar-refractivity contribution in [2.75, 3.05) is 5.32 Å². The zero-order chi connectivity index (χ0) is 13.3. The Morgan fingerprint density at radius 2 is 2.17 bits per heavy atom. The van der Waals surface area contributed by atoms with E-state index in [2.05, 4.69) is 5.32 Å². The highest BCUT2D eigenvalue weighted by Crippen LogP contribution is 2.36. The van der Waals surface area contributed by atoms with E-state index in [1.54, 1.807) is 24.2 Å². The van der Waals surface area contributed by atoms with Crippen molar-refractivity contribution in [1.29, 1.82) is 0 Å². The first-order valence-electron chi connectivity index (χ1n) is 5.68. The summed E-state index contributed by atoms with van der Waals surface area (Å²) < 4.78 is 5.28. The van der Waals surface area contributed by atoms with Gasteiger partial charge in [0.05, 0.1) is 0 Å². The molecule has 18 heavy (non-hydrogen) atoms. The van der Waals surface area contributed by atoms with Crippen molar-refractivity contribution < 1.29 is 19.6 Å². The first-order valence-corrected chi connectivity index (χ1v) is 5.68. The molecule has 1 aromatic carbocycles. The summed E-state index contributed by atoms with van der Waals surface area (Å²) in [6.07, 6.45) is -1.11. The molecule has 0 spiro atoms. The lowest BCUT2D eigenvalue weighted by Crippen LogP contribution is -2.24. The summed E-state index contributed by atoms with van der Waals surface area (Å²) in [6.45, 7) is 4.01. The molecule has 2 rings (SSSR count). The van der Waals surface area contributed by atoms with E-state index in [0.29, 0.717) is 11.4 Å². The minimum absolute atomic E-state index is 0.211.